The topological polar surface area (TPSA) is 139 Å². The predicted octanol–water partition coefficient (Wildman–Crippen LogP) is 5.54. The van der Waals surface area contributed by atoms with Gasteiger partial charge >= 0.3 is 0 Å². The summed E-state index contributed by atoms with van der Waals surface area (Å²) in [5, 5.41) is 14.7. The molecule has 0 saturated heterocycles. The van der Waals surface area contributed by atoms with Crippen molar-refractivity contribution < 1.29 is 27.7 Å². The molecule has 4 aromatic carbocycles. The number of benzene rings is 4. The van der Waals surface area contributed by atoms with Crippen LogP contribution < -0.4 is 14.4 Å². The van der Waals surface area contributed by atoms with Crippen LogP contribution in [-0.4, -0.2) is 56.3 Å². The number of nitrogens with zero attached hydrogens (tertiary/aromatic N) is 3. The standard InChI is InChI=1S/C34H35ClN4O7S/c1-4-36-34(41)31(19-25-11-7-5-8-12-25)37(22-26-13-9-6-10-14-26)33(40)23-38(30-20-27(35)16-18-32(30)46-3)47(44,45)28-17-15-24(2)29(21-28)39(42)43/h5-18,20-21,31H,4,19,22-23H2,1-3H3,(H,36,41)/t31-/m1/s1. The van der Waals surface area contributed by atoms with Crippen LogP contribution in [0.25, 0.3) is 0 Å². The van der Waals surface area contributed by atoms with Gasteiger partial charge in [-0.2, -0.15) is 0 Å². The van der Waals surface area contributed by atoms with E-state index in [0.717, 1.165) is 15.9 Å². The number of aryl methyl sites for hydroxylation is 1. The lowest BCUT2D eigenvalue weighted by molar-refractivity contribution is -0.385. The second-order valence-electron chi connectivity index (χ2n) is 10.6. The van der Waals surface area contributed by atoms with Crippen LogP contribution in [0.3, 0.4) is 0 Å². The quantitative estimate of drug-likeness (QED) is 0.137. The first kappa shape index (κ1) is 34.9. The fraction of sp³-hybridized carbons (Fsp3) is 0.235. The smallest absolute Gasteiger partial charge is 0.273 e. The average molecular weight is 679 g/mol. The van der Waals surface area contributed by atoms with Crippen molar-refractivity contribution in [1.82, 2.24) is 10.2 Å². The van der Waals surface area contributed by atoms with E-state index in [0.29, 0.717) is 12.1 Å². The molecule has 0 radical (unpaired) electrons. The number of ether oxygens (including phenoxy) is 1. The third-order valence-corrected chi connectivity index (χ3v) is 9.46. The van der Waals surface area contributed by atoms with Gasteiger partial charge in [0, 0.05) is 36.2 Å². The summed E-state index contributed by atoms with van der Waals surface area (Å²) in [4.78, 5) is 40.1. The van der Waals surface area contributed by atoms with Gasteiger partial charge in [-0.15, -0.1) is 0 Å². The molecule has 13 heteroatoms. The fourth-order valence-corrected chi connectivity index (χ4v) is 6.67. The highest BCUT2D eigenvalue weighted by Gasteiger charge is 2.36. The molecule has 11 nitrogen and oxygen atoms in total. The minimum Gasteiger partial charge on any atom is -0.495 e. The molecule has 1 N–H and O–H groups in total. The Morgan fingerprint density at radius 1 is 0.957 bits per heavy atom. The van der Waals surface area contributed by atoms with E-state index in [9.17, 15) is 28.1 Å². The molecular formula is C34H35ClN4O7S. The van der Waals surface area contributed by atoms with E-state index in [2.05, 4.69) is 5.32 Å². The molecule has 0 fully saturated rings. The Kier molecular flexibility index (Phi) is 11.6. The number of amides is 2. The van der Waals surface area contributed by atoms with Gasteiger partial charge in [0.2, 0.25) is 11.8 Å². The van der Waals surface area contributed by atoms with Gasteiger partial charge in [-0.25, -0.2) is 8.42 Å². The first-order valence-corrected chi connectivity index (χ1v) is 16.5. The zero-order valence-electron chi connectivity index (χ0n) is 26.1. The number of likely N-dealkylation sites (N-methyl/N-ethyl adjacent to an activating group) is 1. The van der Waals surface area contributed by atoms with Gasteiger partial charge in [-0.1, -0.05) is 78.3 Å². The van der Waals surface area contributed by atoms with Crippen LogP contribution in [0.2, 0.25) is 5.02 Å². The summed E-state index contributed by atoms with van der Waals surface area (Å²) < 4.78 is 35.0. The number of hydrogen-bond donors (Lipinski definition) is 1. The molecule has 2 amide bonds. The van der Waals surface area contributed by atoms with Crippen molar-refractivity contribution in [2.24, 2.45) is 0 Å². The summed E-state index contributed by atoms with van der Waals surface area (Å²) in [6, 6.07) is 25.0. The molecule has 0 aromatic heterocycles. The van der Waals surface area contributed by atoms with E-state index in [4.69, 9.17) is 16.3 Å². The largest absolute Gasteiger partial charge is 0.495 e. The Hall–Kier alpha value is -4.94. The summed E-state index contributed by atoms with van der Waals surface area (Å²) in [5.74, 6) is -1.02. The molecule has 0 aliphatic rings. The normalized spacial score (nSPS) is 11.7. The number of nitro groups is 1. The van der Waals surface area contributed by atoms with Crippen LogP contribution >= 0.6 is 11.6 Å². The minimum atomic E-state index is -4.65. The molecular weight excluding hydrogens is 644 g/mol. The number of halogens is 1. The Morgan fingerprint density at radius 3 is 2.19 bits per heavy atom. The number of methoxy groups -OCH3 is 1. The maximum absolute atomic E-state index is 14.5. The highest BCUT2D eigenvalue weighted by molar-refractivity contribution is 7.92. The molecule has 0 saturated carbocycles. The Morgan fingerprint density at radius 2 is 1.60 bits per heavy atom. The number of nitrogens with one attached hydrogen (secondary N) is 1. The van der Waals surface area contributed by atoms with Gasteiger partial charge in [0.25, 0.3) is 15.7 Å². The van der Waals surface area contributed by atoms with Crippen molar-refractivity contribution in [2.45, 2.75) is 37.8 Å². The van der Waals surface area contributed by atoms with Crippen molar-refractivity contribution in [3.05, 3.63) is 129 Å². The van der Waals surface area contributed by atoms with Gasteiger partial charge in [0.05, 0.1) is 22.6 Å². The second-order valence-corrected chi connectivity index (χ2v) is 12.9. The van der Waals surface area contributed by atoms with E-state index in [1.165, 1.54) is 49.3 Å². The van der Waals surface area contributed by atoms with Crippen LogP contribution in [0.5, 0.6) is 5.75 Å². The number of hydrogen-bond acceptors (Lipinski definition) is 7. The lowest BCUT2D eigenvalue weighted by Crippen LogP contribution is -2.53. The Balaban J connectivity index is 1.87. The maximum Gasteiger partial charge on any atom is 0.273 e. The van der Waals surface area contributed by atoms with Gasteiger partial charge in [-0.3, -0.25) is 24.0 Å². The monoisotopic (exact) mass is 678 g/mol. The van der Waals surface area contributed by atoms with E-state index in [-0.39, 0.29) is 35.0 Å². The first-order valence-electron chi connectivity index (χ1n) is 14.7. The molecule has 0 spiro atoms. The van der Waals surface area contributed by atoms with Gasteiger partial charge in [0.1, 0.15) is 18.3 Å². The lowest BCUT2D eigenvalue weighted by atomic mass is 10.0. The summed E-state index contributed by atoms with van der Waals surface area (Å²) in [5.41, 5.74) is 1.31. The van der Waals surface area contributed by atoms with Crippen molar-refractivity contribution >= 4 is 44.8 Å². The molecule has 246 valence electrons. The fourth-order valence-electron chi connectivity index (χ4n) is 5.07. The highest BCUT2D eigenvalue weighted by atomic mass is 35.5. The first-order chi connectivity index (χ1) is 22.5. The summed E-state index contributed by atoms with van der Waals surface area (Å²) in [6.45, 7) is 2.78. The zero-order valence-corrected chi connectivity index (χ0v) is 27.7. The van der Waals surface area contributed by atoms with Gasteiger partial charge < -0.3 is 15.0 Å². The van der Waals surface area contributed by atoms with Crippen LogP contribution in [0, 0.1) is 17.0 Å². The third-order valence-electron chi connectivity index (χ3n) is 7.47. The van der Waals surface area contributed by atoms with Crippen LogP contribution in [0.1, 0.15) is 23.6 Å². The summed E-state index contributed by atoms with van der Waals surface area (Å²) in [7, 11) is -3.31. The zero-order chi connectivity index (χ0) is 34.1. The van der Waals surface area contributed by atoms with Gasteiger partial charge in [0.15, 0.2) is 0 Å². The van der Waals surface area contributed by atoms with Crippen molar-refractivity contribution in [3.8, 4) is 5.75 Å². The van der Waals surface area contributed by atoms with E-state index < -0.39 is 49.9 Å². The highest BCUT2D eigenvalue weighted by Crippen LogP contribution is 2.36. The van der Waals surface area contributed by atoms with Crippen molar-refractivity contribution in [3.63, 3.8) is 0 Å². The average Bonchev–Trinajstić information content (AvgIpc) is 3.06. The third kappa shape index (κ3) is 8.46. The number of carbonyl (C=O) groups excluding carboxylic acids is 2. The maximum atomic E-state index is 14.5. The Bertz CT molecular complexity index is 1840. The molecule has 0 unspecified atom stereocenters. The minimum absolute atomic E-state index is 0.00905. The van der Waals surface area contributed by atoms with Crippen LogP contribution in [0.4, 0.5) is 11.4 Å². The molecule has 47 heavy (non-hydrogen) atoms. The molecule has 4 rings (SSSR count). The SMILES string of the molecule is CCNC(=O)[C@@H](Cc1ccccc1)N(Cc1ccccc1)C(=O)CN(c1cc(Cl)ccc1OC)S(=O)(=O)c1ccc(C)c([N+](=O)[O-])c1. The molecule has 0 aliphatic heterocycles. The second kappa shape index (κ2) is 15.6. The number of nitro benzene ring substituents is 1. The van der Waals surface area contributed by atoms with E-state index in [1.54, 1.807) is 31.2 Å². The van der Waals surface area contributed by atoms with Crippen LogP contribution in [-0.2, 0) is 32.6 Å². The van der Waals surface area contributed by atoms with E-state index in [1.807, 2.05) is 36.4 Å². The molecule has 4 aromatic rings. The van der Waals surface area contributed by atoms with Gasteiger partial charge in [-0.05, 0) is 49.2 Å². The van der Waals surface area contributed by atoms with E-state index >= 15 is 0 Å². The van der Waals surface area contributed by atoms with Crippen molar-refractivity contribution in [1.29, 1.82) is 0 Å². The summed E-state index contributed by atoms with van der Waals surface area (Å²) >= 11 is 6.31. The molecule has 0 heterocycles. The number of carbonyl (C=O) groups is 2. The van der Waals surface area contributed by atoms with Crippen LogP contribution in [0.15, 0.2) is 102 Å². The molecule has 1 atom stereocenters. The predicted molar refractivity (Wildman–Crippen MR) is 180 cm³/mol. The number of anilines is 1. The lowest BCUT2D eigenvalue weighted by Gasteiger charge is -2.34. The molecule has 0 aliphatic carbocycles. The number of sulfonamides is 1. The molecule has 0 bridgehead atoms. The van der Waals surface area contributed by atoms with Crippen molar-refractivity contribution in [2.75, 3.05) is 24.5 Å². The summed E-state index contributed by atoms with van der Waals surface area (Å²) in [6.07, 6.45) is 0.155. The number of rotatable bonds is 14. The Labute approximate surface area is 278 Å².